The van der Waals surface area contributed by atoms with Crippen molar-refractivity contribution in [3.8, 4) is 11.3 Å². The van der Waals surface area contributed by atoms with Crippen LogP contribution in [-0.4, -0.2) is 17.8 Å². The molecule has 2 aromatic carbocycles. The molecule has 27 heavy (non-hydrogen) atoms. The largest absolute Gasteiger partial charge is 0.306 e. The van der Waals surface area contributed by atoms with Crippen LogP contribution in [-0.2, 0) is 10.0 Å². The first-order valence-corrected chi connectivity index (χ1v) is 10.1. The van der Waals surface area contributed by atoms with Crippen molar-refractivity contribution in [1.82, 2.24) is 9.38 Å². The van der Waals surface area contributed by atoms with Gasteiger partial charge in [-0.05, 0) is 55.0 Å². The molecule has 2 heterocycles. The summed E-state index contributed by atoms with van der Waals surface area (Å²) >= 11 is 5.83. The molecular formula is C20H16ClN3O2S. The normalized spacial score (nSPS) is 11.6. The number of nitrogens with one attached hydrogen (secondary N) is 1. The molecule has 4 rings (SSSR count). The number of anilines is 1. The van der Waals surface area contributed by atoms with Gasteiger partial charge in [-0.15, -0.1) is 0 Å². The molecule has 136 valence electrons. The molecule has 0 bridgehead atoms. The molecule has 0 fully saturated rings. The zero-order valence-electron chi connectivity index (χ0n) is 14.4. The molecule has 0 atom stereocenters. The van der Waals surface area contributed by atoms with Crippen LogP contribution in [0.4, 0.5) is 5.69 Å². The van der Waals surface area contributed by atoms with Crippen LogP contribution < -0.4 is 4.72 Å². The van der Waals surface area contributed by atoms with E-state index >= 15 is 0 Å². The van der Waals surface area contributed by atoms with Crippen LogP contribution in [0.15, 0.2) is 78.0 Å². The zero-order valence-corrected chi connectivity index (χ0v) is 16.0. The fourth-order valence-electron chi connectivity index (χ4n) is 2.86. The second-order valence-corrected chi connectivity index (χ2v) is 8.31. The lowest BCUT2D eigenvalue weighted by molar-refractivity contribution is 0.601. The fraction of sp³-hybridized carbons (Fsp3) is 0.0500. The number of hydrogen-bond acceptors (Lipinski definition) is 3. The Balaban J connectivity index is 1.67. The van der Waals surface area contributed by atoms with Gasteiger partial charge in [0, 0.05) is 28.7 Å². The van der Waals surface area contributed by atoms with Crippen LogP contribution >= 0.6 is 11.6 Å². The first-order valence-electron chi connectivity index (χ1n) is 8.25. The van der Waals surface area contributed by atoms with Gasteiger partial charge in [-0.2, -0.15) is 0 Å². The summed E-state index contributed by atoms with van der Waals surface area (Å²) in [6, 6.07) is 17.2. The van der Waals surface area contributed by atoms with Crippen molar-refractivity contribution in [2.75, 3.05) is 4.72 Å². The number of rotatable bonds is 4. The molecule has 7 heteroatoms. The number of aromatic nitrogens is 2. The van der Waals surface area contributed by atoms with Gasteiger partial charge >= 0.3 is 0 Å². The van der Waals surface area contributed by atoms with Crippen LogP contribution in [0.3, 0.4) is 0 Å². The SMILES string of the molecule is Cc1cccn2cc(-c3cccc(NS(=O)(=O)c4ccc(Cl)cc4)c3)nc12. The van der Waals surface area contributed by atoms with Crippen molar-refractivity contribution in [3.05, 3.63) is 83.6 Å². The summed E-state index contributed by atoms with van der Waals surface area (Å²) < 4.78 is 29.7. The predicted molar refractivity (Wildman–Crippen MR) is 108 cm³/mol. The molecule has 2 aromatic heterocycles. The van der Waals surface area contributed by atoms with Gasteiger partial charge in [-0.25, -0.2) is 13.4 Å². The van der Waals surface area contributed by atoms with Crippen molar-refractivity contribution in [2.24, 2.45) is 0 Å². The predicted octanol–water partition coefficient (Wildman–Crippen LogP) is 4.76. The molecule has 0 aliphatic rings. The Bertz CT molecular complexity index is 1230. The summed E-state index contributed by atoms with van der Waals surface area (Å²) in [7, 11) is -3.69. The number of pyridine rings is 1. The molecule has 0 saturated carbocycles. The van der Waals surface area contributed by atoms with E-state index in [0.717, 1.165) is 22.5 Å². The molecule has 0 aliphatic carbocycles. The molecule has 4 aromatic rings. The van der Waals surface area contributed by atoms with E-state index in [1.807, 2.05) is 41.9 Å². The van der Waals surface area contributed by atoms with Gasteiger partial charge in [0.15, 0.2) is 0 Å². The maximum atomic E-state index is 12.6. The third-order valence-electron chi connectivity index (χ3n) is 4.21. The number of halogens is 1. The third kappa shape index (κ3) is 3.54. The Labute approximate surface area is 162 Å². The number of hydrogen-bond donors (Lipinski definition) is 1. The van der Waals surface area contributed by atoms with E-state index in [9.17, 15) is 8.42 Å². The van der Waals surface area contributed by atoms with Crippen LogP contribution in [0.2, 0.25) is 5.02 Å². The van der Waals surface area contributed by atoms with Crippen molar-refractivity contribution >= 4 is 33.0 Å². The van der Waals surface area contributed by atoms with Gasteiger partial charge in [-0.1, -0.05) is 29.8 Å². The highest BCUT2D eigenvalue weighted by Gasteiger charge is 2.15. The van der Waals surface area contributed by atoms with Crippen molar-refractivity contribution in [2.45, 2.75) is 11.8 Å². The Hall–Kier alpha value is -2.83. The van der Waals surface area contributed by atoms with E-state index in [1.54, 1.807) is 30.3 Å². The van der Waals surface area contributed by atoms with E-state index in [0.29, 0.717) is 10.7 Å². The minimum absolute atomic E-state index is 0.153. The first kappa shape index (κ1) is 17.6. The second kappa shape index (κ2) is 6.72. The van der Waals surface area contributed by atoms with E-state index < -0.39 is 10.0 Å². The number of aryl methyl sites for hydroxylation is 1. The Morgan fingerprint density at radius 2 is 1.81 bits per heavy atom. The second-order valence-electron chi connectivity index (χ2n) is 6.19. The maximum Gasteiger partial charge on any atom is 0.261 e. The maximum absolute atomic E-state index is 12.6. The first-order chi connectivity index (χ1) is 12.9. The average Bonchev–Trinajstić information content (AvgIpc) is 3.08. The summed E-state index contributed by atoms with van der Waals surface area (Å²) in [6.07, 6.45) is 3.86. The summed E-state index contributed by atoms with van der Waals surface area (Å²) in [5.41, 5.74) is 4.02. The van der Waals surface area contributed by atoms with Crippen molar-refractivity contribution in [1.29, 1.82) is 0 Å². The van der Waals surface area contributed by atoms with E-state index in [1.165, 1.54) is 12.1 Å². The fourth-order valence-corrected chi connectivity index (χ4v) is 4.04. The third-order valence-corrected chi connectivity index (χ3v) is 5.86. The summed E-state index contributed by atoms with van der Waals surface area (Å²) in [6.45, 7) is 2.00. The molecule has 1 N–H and O–H groups in total. The molecule has 5 nitrogen and oxygen atoms in total. The number of sulfonamides is 1. The highest BCUT2D eigenvalue weighted by Crippen LogP contribution is 2.25. The lowest BCUT2D eigenvalue weighted by atomic mass is 10.1. The molecule has 0 radical (unpaired) electrons. The van der Waals surface area contributed by atoms with Gasteiger partial charge in [0.05, 0.1) is 10.6 Å². The standard InChI is InChI=1S/C20H16ClN3O2S/c1-14-4-3-11-24-13-19(22-20(14)24)15-5-2-6-17(12-15)23-27(25,26)18-9-7-16(21)8-10-18/h2-13,23H,1H3. The lowest BCUT2D eigenvalue weighted by Crippen LogP contribution is -2.12. The molecule has 0 spiro atoms. The number of fused-ring (bicyclic) bond motifs is 1. The van der Waals surface area contributed by atoms with Gasteiger partial charge in [0.1, 0.15) is 5.65 Å². The smallest absolute Gasteiger partial charge is 0.261 e. The summed E-state index contributed by atoms with van der Waals surface area (Å²) in [4.78, 5) is 4.81. The Kier molecular flexibility index (Phi) is 4.37. The van der Waals surface area contributed by atoms with Crippen molar-refractivity contribution < 1.29 is 8.42 Å². The van der Waals surface area contributed by atoms with Gasteiger partial charge in [-0.3, -0.25) is 4.72 Å². The molecule has 0 amide bonds. The number of nitrogens with zero attached hydrogens (tertiary/aromatic N) is 2. The van der Waals surface area contributed by atoms with Crippen molar-refractivity contribution in [3.63, 3.8) is 0 Å². The Morgan fingerprint density at radius 3 is 2.56 bits per heavy atom. The quantitative estimate of drug-likeness (QED) is 0.539. The van der Waals surface area contributed by atoms with Crippen LogP contribution in [0.5, 0.6) is 0 Å². The monoisotopic (exact) mass is 397 g/mol. The highest BCUT2D eigenvalue weighted by atomic mass is 35.5. The zero-order chi connectivity index (χ0) is 19.0. The topological polar surface area (TPSA) is 63.5 Å². The van der Waals surface area contributed by atoms with Crippen LogP contribution in [0.1, 0.15) is 5.56 Å². The molecular weight excluding hydrogens is 382 g/mol. The van der Waals surface area contributed by atoms with Crippen LogP contribution in [0.25, 0.3) is 16.9 Å². The number of imidazole rings is 1. The minimum Gasteiger partial charge on any atom is -0.306 e. The minimum atomic E-state index is -3.69. The summed E-state index contributed by atoms with van der Waals surface area (Å²) in [5.74, 6) is 0. The van der Waals surface area contributed by atoms with E-state index in [-0.39, 0.29) is 4.90 Å². The average molecular weight is 398 g/mol. The Morgan fingerprint density at radius 1 is 1.04 bits per heavy atom. The summed E-state index contributed by atoms with van der Waals surface area (Å²) in [5, 5.41) is 0.484. The molecule has 0 unspecified atom stereocenters. The molecule has 0 aliphatic heterocycles. The van der Waals surface area contributed by atoms with Gasteiger partial charge in [0.25, 0.3) is 10.0 Å². The molecule has 0 saturated heterocycles. The van der Waals surface area contributed by atoms with E-state index in [2.05, 4.69) is 9.71 Å². The highest BCUT2D eigenvalue weighted by molar-refractivity contribution is 7.92. The lowest BCUT2D eigenvalue weighted by Gasteiger charge is -2.09. The van der Waals surface area contributed by atoms with E-state index in [4.69, 9.17) is 11.6 Å². The van der Waals surface area contributed by atoms with Gasteiger partial charge in [0.2, 0.25) is 0 Å². The number of benzene rings is 2. The van der Waals surface area contributed by atoms with Gasteiger partial charge < -0.3 is 4.40 Å². The van der Waals surface area contributed by atoms with Crippen LogP contribution in [0, 0.1) is 6.92 Å².